The molecule has 0 spiro atoms. The fraction of sp³-hybridized carbons (Fsp3) is 0.107. The maximum absolute atomic E-state index is 15.1. The summed E-state index contributed by atoms with van der Waals surface area (Å²) < 4.78 is 59.2. The average molecular weight is 583 g/mol. The monoisotopic (exact) mass is 581 g/mol. The lowest BCUT2D eigenvalue weighted by Gasteiger charge is -2.22. The van der Waals surface area contributed by atoms with Crippen LogP contribution in [0.2, 0.25) is 15.1 Å². The van der Waals surface area contributed by atoms with Crippen LogP contribution < -0.4 is 10.1 Å². The smallest absolute Gasteiger partial charge is 0.416 e. The van der Waals surface area contributed by atoms with Crippen LogP contribution in [-0.2, 0) is 12.7 Å². The lowest BCUT2D eigenvalue weighted by Crippen LogP contribution is -2.23. The summed E-state index contributed by atoms with van der Waals surface area (Å²) >= 11 is 18.4. The second-order valence-corrected chi connectivity index (χ2v) is 9.52. The highest BCUT2D eigenvalue weighted by Gasteiger charge is 2.30. The Hall–Kier alpha value is -3.26. The van der Waals surface area contributed by atoms with Crippen molar-refractivity contribution in [1.82, 2.24) is 5.32 Å². The number of halogens is 7. The van der Waals surface area contributed by atoms with Crippen LogP contribution in [0, 0.1) is 5.82 Å². The fourth-order valence-electron chi connectivity index (χ4n) is 3.62. The maximum atomic E-state index is 15.1. The third kappa shape index (κ3) is 6.78. The fourth-order valence-corrected chi connectivity index (χ4v) is 4.26. The number of ether oxygens (including phenoxy) is 1. The summed E-state index contributed by atoms with van der Waals surface area (Å²) in [7, 11) is 0. The Bertz CT molecular complexity index is 1440. The lowest BCUT2D eigenvalue weighted by molar-refractivity contribution is -0.137. The van der Waals surface area contributed by atoms with E-state index in [1.807, 2.05) is 0 Å². The van der Waals surface area contributed by atoms with Gasteiger partial charge in [-0.25, -0.2) is 4.39 Å². The van der Waals surface area contributed by atoms with Gasteiger partial charge in [-0.15, -0.1) is 0 Å². The highest BCUT2D eigenvalue weighted by atomic mass is 35.5. The molecule has 0 saturated heterocycles. The van der Waals surface area contributed by atoms with Crippen LogP contribution in [0.25, 0.3) is 0 Å². The van der Waals surface area contributed by atoms with Crippen molar-refractivity contribution in [1.29, 1.82) is 0 Å². The van der Waals surface area contributed by atoms with Gasteiger partial charge in [-0.1, -0.05) is 65.1 Å². The second kappa shape index (κ2) is 11.6. The molecule has 0 aromatic heterocycles. The number of alkyl halides is 3. The third-order valence-corrected chi connectivity index (χ3v) is 6.41. The zero-order chi connectivity index (χ0) is 27.4. The van der Waals surface area contributed by atoms with E-state index in [1.165, 1.54) is 24.3 Å². The predicted molar refractivity (Wildman–Crippen MR) is 139 cm³/mol. The molecule has 0 aliphatic heterocycles. The summed E-state index contributed by atoms with van der Waals surface area (Å²) in [5, 5.41) is 3.81. The number of hydrogen-bond acceptors (Lipinski definition) is 2. The van der Waals surface area contributed by atoms with E-state index < -0.39 is 29.6 Å². The molecule has 0 heterocycles. The number of benzene rings is 4. The van der Waals surface area contributed by atoms with Gasteiger partial charge in [0.05, 0.1) is 5.56 Å². The molecule has 38 heavy (non-hydrogen) atoms. The predicted octanol–water partition coefficient (Wildman–Crippen LogP) is 8.90. The molecular formula is C28H18Cl3F4NO2. The van der Waals surface area contributed by atoms with Gasteiger partial charge < -0.3 is 10.1 Å². The SMILES string of the molecule is O=C(NCc1ccc(C(F)(F)F)cc1)c1ccc(OC(c2ccc(Cl)cc2)c2ccc(Cl)cc2Cl)c(F)c1. The number of hydrogen-bond donors (Lipinski definition) is 1. The van der Waals surface area contributed by atoms with Crippen molar-refractivity contribution in [2.24, 2.45) is 0 Å². The number of carbonyl (C=O) groups is 1. The summed E-state index contributed by atoms with van der Waals surface area (Å²) in [5.41, 5.74) is 0.862. The normalized spacial score (nSPS) is 12.2. The van der Waals surface area contributed by atoms with Crippen LogP contribution in [-0.4, -0.2) is 5.91 Å². The van der Waals surface area contributed by atoms with E-state index in [1.54, 1.807) is 42.5 Å². The van der Waals surface area contributed by atoms with E-state index in [0.29, 0.717) is 31.8 Å². The van der Waals surface area contributed by atoms with Gasteiger partial charge in [-0.3, -0.25) is 4.79 Å². The highest BCUT2D eigenvalue weighted by Crippen LogP contribution is 2.36. The third-order valence-electron chi connectivity index (χ3n) is 5.59. The first-order valence-corrected chi connectivity index (χ1v) is 12.3. The van der Waals surface area contributed by atoms with Gasteiger partial charge in [-0.2, -0.15) is 13.2 Å². The second-order valence-electron chi connectivity index (χ2n) is 8.24. The molecule has 1 amide bonds. The van der Waals surface area contributed by atoms with Crippen LogP contribution in [0.4, 0.5) is 17.6 Å². The van der Waals surface area contributed by atoms with E-state index in [0.717, 1.165) is 18.2 Å². The summed E-state index contributed by atoms with van der Waals surface area (Å²) in [6, 6.07) is 19.7. The van der Waals surface area contributed by atoms with E-state index >= 15 is 4.39 Å². The first-order chi connectivity index (χ1) is 18.0. The summed E-state index contributed by atoms with van der Waals surface area (Å²) in [6.45, 7) is -0.0372. The van der Waals surface area contributed by atoms with Crippen molar-refractivity contribution < 1.29 is 27.1 Å². The van der Waals surface area contributed by atoms with E-state index in [2.05, 4.69) is 5.32 Å². The van der Waals surface area contributed by atoms with Crippen LogP contribution in [0.3, 0.4) is 0 Å². The maximum Gasteiger partial charge on any atom is 0.416 e. The molecule has 0 aliphatic rings. The quantitative estimate of drug-likeness (QED) is 0.221. The van der Waals surface area contributed by atoms with Crippen LogP contribution in [0.5, 0.6) is 5.75 Å². The van der Waals surface area contributed by atoms with Crippen LogP contribution in [0.1, 0.15) is 38.7 Å². The summed E-state index contributed by atoms with van der Waals surface area (Å²) in [5.74, 6) is -1.53. The molecule has 4 aromatic rings. The number of nitrogens with one attached hydrogen (secondary N) is 1. The van der Waals surface area contributed by atoms with Crippen molar-refractivity contribution in [3.05, 3.63) is 134 Å². The van der Waals surface area contributed by atoms with Crippen molar-refractivity contribution in [3.8, 4) is 5.75 Å². The lowest BCUT2D eigenvalue weighted by atomic mass is 10.0. The summed E-state index contributed by atoms with van der Waals surface area (Å²) in [6.07, 6.45) is -5.26. The molecule has 1 N–H and O–H groups in total. The Morgan fingerprint density at radius 2 is 1.50 bits per heavy atom. The van der Waals surface area contributed by atoms with E-state index in [9.17, 15) is 18.0 Å². The molecule has 1 atom stereocenters. The molecule has 1 unspecified atom stereocenters. The Labute approximate surface area is 230 Å². The molecular weight excluding hydrogens is 565 g/mol. The molecule has 3 nitrogen and oxygen atoms in total. The largest absolute Gasteiger partial charge is 0.478 e. The topological polar surface area (TPSA) is 38.3 Å². The molecule has 0 aliphatic carbocycles. The van der Waals surface area contributed by atoms with E-state index in [-0.39, 0.29) is 17.9 Å². The van der Waals surface area contributed by atoms with E-state index in [4.69, 9.17) is 39.5 Å². The molecule has 0 fully saturated rings. The minimum atomic E-state index is -4.45. The Kier molecular flexibility index (Phi) is 8.51. The standard InChI is InChI=1S/C28H18Cl3F4NO2/c29-20-8-3-17(4-9-20)26(22-11-10-21(30)14-23(22)31)38-25-12-5-18(13-24(25)32)27(37)36-15-16-1-6-19(7-2-16)28(33,34)35/h1-14,26H,15H2,(H,36,37). The van der Waals surface area contributed by atoms with Crippen molar-refractivity contribution in [2.75, 3.05) is 0 Å². The van der Waals surface area contributed by atoms with Crippen molar-refractivity contribution in [2.45, 2.75) is 18.8 Å². The first kappa shape index (κ1) is 27.8. The molecule has 0 saturated carbocycles. The molecule has 10 heteroatoms. The van der Waals surface area contributed by atoms with Crippen LogP contribution in [0.15, 0.2) is 84.9 Å². The van der Waals surface area contributed by atoms with Gasteiger partial charge in [0.1, 0.15) is 0 Å². The zero-order valence-electron chi connectivity index (χ0n) is 19.3. The van der Waals surface area contributed by atoms with Gasteiger partial charge in [0, 0.05) is 32.7 Å². The molecule has 4 aromatic carbocycles. The minimum absolute atomic E-state index is 0.00864. The van der Waals surface area contributed by atoms with Gasteiger partial charge in [0.25, 0.3) is 5.91 Å². The Morgan fingerprint density at radius 3 is 2.11 bits per heavy atom. The highest BCUT2D eigenvalue weighted by molar-refractivity contribution is 6.35. The Morgan fingerprint density at radius 1 is 0.842 bits per heavy atom. The average Bonchev–Trinajstić information content (AvgIpc) is 2.87. The Balaban J connectivity index is 1.51. The van der Waals surface area contributed by atoms with Crippen molar-refractivity contribution >= 4 is 40.7 Å². The van der Waals surface area contributed by atoms with Gasteiger partial charge in [0.2, 0.25) is 0 Å². The minimum Gasteiger partial charge on any atom is -0.478 e. The van der Waals surface area contributed by atoms with Gasteiger partial charge >= 0.3 is 6.18 Å². The summed E-state index contributed by atoms with van der Waals surface area (Å²) in [4.78, 5) is 12.5. The molecule has 0 radical (unpaired) electrons. The zero-order valence-corrected chi connectivity index (χ0v) is 21.6. The van der Waals surface area contributed by atoms with Crippen LogP contribution >= 0.6 is 34.8 Å². The first-order valence-electron chi connectivity index (χ1n) is 11.1. The number of rotatable bonds is 7. The molecule has 196 valence electrons. The number of amides is 1. The molecule has 0 bridgehead atoms. The van der Waals surface area contributed by atoms with Crippen molar-refractivity contribution in [3.63, 3.8) is 0 Å². The molecule has 4 rings (SSSR count). The number of carbonyl (C=O) groups excluding carboxylic acids is 1. The van der Waals surface area contributed by atoms with Gasteiger partial charge in [-0.05, 0) is 65.7 Å². The van der Waals surface area contributed by atoms with Gasteiger partial charge in [0.15, 0.2) is 17.7 Å².